The van der Waals surface area contributed by atoms with E-state index in [1.807, 2.05) is 73.4 Å². The largest absolute Gasteiger partial charge is 0.493 e. The Kier molecular flexibility index (Phi) is 12.4. The van der Waals surface area contributed by atoms with Gasteiger partial charge in [-0.05, 0) is 50.3 Å². The van der Waals surface area contributed by atoms with Crippen LogP contribution >= 0.6 is 0 Å². The number of nitrogens with one attached hydrogen (secondary N) is 4. The lowest BCUT2D eigenvalue weighted by atomic mass is 10.0. The average molecular weight is 701 g/mol. The zero-order valence-corrected chi connectivity index (χ0v) is 29.9. The molecule has 0 spiro atoms. The summed E-state index contributed by atoms with van der Waals surface area (Å²) in [6.07, 6.45) is 2.96. The number of nitrogens with zero attached hydrogens (tertiary/aromatic N) is 4. The van der Waals surface area contributed by atoms with Crippen molar-refractivity contribution in [2.75, 3.05) is 39.9 Å². The van der Waals surface area contributed by atoms with E-state index in [1.165, 1.54) is 4.68 Å². The highest BCUT2D eigenvalue weighted by Gasteiger charge is 2.29. The summed E-state index contributed by atoms with van der Waals surface area (Å²) in [5.41, 5.74) is 2.61. The number of benzene rings is 2. The summed E-state index contributed by atoms with van der Waals surface area (Å²) in [4.78, 5) is 60.2. The van der Waals surface area contributed by atoms with Gasteiger partial charge in [0.1, 0.15) is 31.1 Å². The van der Waals surface area contributed by atoms with Crippen molar-refractivity contribution in [3.8, 4) is 22.9 Å². The van der Waals surface area contributed by atoms with Crippen molar-refractivity contribution in [3.63, 3.8) is 0 Å². The van der Waals surface area contributed by atoms with Gasteiger partial charge in [0.25, 0.3) is 0 Å². The maximum absolute atomic E-state index is 13.6. The average Bonchev–Trinajstić information content (AvgIpc) is 3.52. The molecule has 4 N–H and O–H groups in total. The van der Waals surface area contributed by atoms with Crippen molar-refractivity contribution < 1.29 is 28.7 Å². The number of aromatic nitrogens is 3. The molecule has 2 aromatic carbocycles. The van der Waals surface area contributed by atoms with E-state index in [2.05, 4.69) is 26.4 Å². The smallest absolute Gasteiger partial charge is 0.243 e. The predicted molar refractivity (Wildman–Crippen MR) is 192 cm³/mol. The molecule has 0 saturated heterocycles. The third kappa shape index (κ3) is 9.94. The quantitative estimate of drug-likeness (QED) is 0.302. The molecule has 14 heteroatoms. The monoisotopic (exact) mass is 700 g/mol. The van der Waals surface area contributed by atoms with E-state index in [4.69, 9.17) is 14.5 Å². The molecule has 14 nitrogen and oxygen atoms in total. The number of rotatable bonds is 6. The molecule has 2 aliphatic rings. The molecular weight excluding hydrogens is 652 g/mol. The van der Waals surface area contributed by atoms with Crippen molar-refractivity contribution in [1.82, 2.24) is 40.9 Å². The van der Waals surface area contributed by atoms with Gasteiger partial charge in [-0.25, -0.2) is 9.67 Å². The molecule has 0 saturated carbocycles. The summed E-state index contributed by atoms with van der Waals surface area (Å²) in [6.45, 7) is 8.75. The predicted octanol–water partition coefficient (Wildman–Crippen LogP) is 2.46. The highest BCUT2D eigenvalue weighted by Crippen LogP contribution is 2.35. The topological polar surface area (TPSA) is 169 Å². The normalized spacial score (nSPS) is 21.3. The van der Waals surface area contributed by atoms with Gasteiger partial charge in [0, 0.05) is 30.8 Å². The SMILES string of the molecule is COc1cccc2c1OCC(CN1CCCNC(=O)Cn3nc(-c4ccccc4)nc3[C@H](C)NC(=O)[C@@H](CC(C)C)NC(=O)[C@@H](C)NC(=O)C1)=C2. The first-order valence-electron chi connectivity index (χ1n) is 17.4. The number of hydrogen-bond acceptors (Lipinski definition) is 9. The lowest BCUT2D eigenvalue weighted by Crippen LogP contribution is -2.54. The van der Waals surface area contributed by atoms with Crippen LogP contribution < -0.4 is 30.7 Å². The molecular formula is C37H48N8O6. The lowest BCUT2D eigenvalue weighted by Gasteiger charge is -2.27. The van der Waals surface area contributed by atoms with E-state index >= 15 is 0 Å². The minimum Gasteiger partial charge on any atom is -0.493 e. The Labute approximate surface area is 298 Å². The fourth-order valence-electron chi connectivity index (χ4n) is 6.14. The third-order valence-electron chi connectivity index (χ3n) is 8.64. The fourth-order valence-corrected chi connectivity index (χ4v) is 6.14. The van der Waals surface area contributed by atoms with Crippen molar-refractivity contribution in [2.45, 2.75) is 65.2 Å². The third-order valence-corrected chi connectivity index (χ3v) is 8.64. The zero-order chi connectivity index (χ0) is 36.5. The number of hydrogen-bond donors (Lipinski definition) is 4. The van der Waals surface area contributed by atoms with E-state index in [0.717, 1.165) is 16.7 Å². The first-order valence-corrected chi connectivity index (χ1v) is 17.4. The molecule has 0 unspecified atom stereocenters. The summed E-state index contributed by atoms with van der Waals surface area (Å²) in [6, 6.07) is 12.7. The van der Waals surface area contributed by atoms with Gasteiger partial charge < -0.3 is 30.7 Å². The van der Waals surface area contributed by atoms with Gasteiger partial charge >= 0.3 is 0 Å². The van der Waals surface area contributed by atoms with E-state index in [1.54, 1.807) is 21.0 Å². The summed E-state index contributed by atoms with van der Waals surface area (Å²) < 4.78 is 13.0. The maximum atomic E-state index is 13.6. The Morgan fingerprint density at radius 1 is 0.922 bits per heavy atom. The molecule has 3 atom stereocenters. The Bertz CT molecular complexity index is 1740. The van der Waals surface area contributed by atoms with Gasteiger partial charge in [-0.15, -0.1) is 0 Å². The van der Waals surface area contributed by atoms with Crippen LogP contribution in [-0.2, 0) is 25.7 Å². The minimum atomic E-state index is -0.895. The number of ether oxygens (including phenoxy) is 2. The van der Waals surface area contributed by atoms with Crippen LogP contribution in [0.1, 0.15) is 58.0 Å². The van der Waals surface area contributed by atoms with Crippen molar-refractivity contribution in [3.05, 3.63) is 65.5 Å². The second-order valence-electron chi connectivity index (χ2n) is 13.4. The number of methoxy groups -OCH3 is 1. The van der Waals surface area contributed by atoms with Crippen molar-refractivity contribution in [1.29, 1.82) is 0 Å². The Balaban J connectivity index is 1.39. The molecule has 3 heterocycles. The van der Waals surface area contributed by atoms with E-state index < -0.39 is 29.9 Å². The molecule has 0 aliphatic carbocycles. The van der Waals surface area contributed by atoms with Crippen molar-refractivity contribution >= 4 is 29.7 Å². The number of para-hydroxylation sites is 1. The fraction of sp³-hybridized carbons (Fsp3) is 0.459. The minimum absolute atomic E-state index is 0.00583. The standard InChI is InChI=1S/C37H48N8O6/c1-23(2)17-29-37(49)40-24(3)35-42-34(27-11-7-6-8-12-27)43-45(35)21-31(46)38-15-10-16-44(20-32(47)39-25(4)36(48)41-29)19-26-18-28-13-9-14-30(50-5)33(28)51-22-26/h6-9,11-14,18,23-25,29H,10,15-17,19-22H2,1-5H3,(H,38,46)(H,39,47)(H,40,49)(H,41,48)/t24-,25+,29+/m0/s1. The van der Waals surface area contributed by atoms with Gasteiger partial charge in [-0.1, -0.05) is 56.3 Å². The molecule has 4 amide bonds. The van der Waals surface area contributed by atoms with Gasteiger partial charge in [-0.3, -0.25) is 24.1 Å². The summed E-state index contributed by atoms with van der Waals surface area (Å²) in [7, 11) is 1.60. The van der Waals surface area contributed by atoms with Crippen LogP contribution in [0.5, 0.6) is 11.5 Å². The molecule has 51 heavy (non-hydrogen) atoms. The van der Waals surface area contributed by atoms with E-state index in [-0.39, 0.29) is 30.8 Å². The second kappa shape index (κ2) is 17.1. The molecule has 272 valence electrons. The van der Waals surface area contributed by atoms with Crippen LogP contribution in [-0.4, -0.2) is 95.3 Å². The van der Waals surface area contributed by atoms with Gasteiger partial charge in [0.15, 0.2) is 17.3 Å². The Hall–Kier alpha value is -5.24. The molecule has 5 rings (SSSR count). The summed E-state index contributed by atoms with van der Waals surface area (Å²) in [5, 5.41) is 16.2. The van der Waals surface area contributed by atoms with Crippen LogP contribution in [0.4, 0.5) is 0 Å². The van der Waals surface area contributed by atoms with E-state index in [0.29, 0.717) is 62.2 Å². The molecule has 0 radical (unpaired) electrons. The van der Waals surface area contributed by atoms with Crippen LogP contribution in [0, 0.1) is 5.92 Å². The molecule has 3 aromatic rings. The second-order valence-corrected chi connectivity index (χ2v) is 13.4. The van der Waals surface area contributed by atoms with Crippen LogP contribution in [0.15, 0.2) is 54.1 Å². The van der Waals surface area contributed by atoms with E-state index in [9.17, 15) is 19.2 Å². The Morgan fingerprint density at radius 3 is 2.45 bits per heavy atom. The molecule has 1 aromatic heterocycles. The van der Waals surface area contributed by atoms with Crippen molar-refractivity contribution in [2.24, 2.45) is 5.92 Å². The number of carbonyl (C=O) groups excluding carboxylic acids is 4. The number of fused-ring (bicyclic) bond motifs is 2. The van der Waals surface area contributed by atoms with Crippen LogP contribution in [0.2, 0.25) is 0 Å². The number of carbonyl (C=O) groups is 4. The van der Waals surface area contributed by atoms with Crippen LogP contribution in [0.25, 0.3) is 17.5 Å². The summed E-state index contributed by atoms with van der Waals surface area (Å²) >= 11 is 0. The number of amides is 4. The van der Waals surface area contributed by atoms with Gasteiger partial charge in [-0.2, -0.15) is 5.10 Å². The van der Waals surface area contributed by atoms with Crippen LogP contribution in [0.3, 0.4) is 0 Å². The highest BCUT2D eigenvalue weighted by molar-refractivity contribution is 5.92. The van der Waals surface area contributed by atoms with Gasteiger partial charge in [0.2, 0.25) is 23.6 Å². The summed E-state index contributed by atoms with van der Waals surface area (Å²) in [5.74, 6) is 0.736. The zero-order valence-electron chi connectivity index (χ0n) is 29.9. The molecule has 0 fully saturated rings. The highest BCUT2D eigenvalue weighted by atomic mass is 16.5. The van der Waals surface area contributed by atoms with Gasteiger partial charge in [0.05, 0.1) is 19.7 Å². The molecule has 2 aliphatic heterocycles. The Morgan fingerprint density at radius 2 is 1.71 bits per heavy atom. The molecule has 0 bridgehead atoms. The maximum Gasteiger partial charge on any atom is 0.243 e. The first-order chi connectivity index (χ1) is 24.5. The lowest BCUT2D eigenvalue weighted by molar-refractivity contribution is -0.132. The first kappa shape index (κ1) is 37.0.